The first-order chi connectivity index (χ1) is 11.4. The van der Waals surface area contributed by atoms with Crippen LogP contribution in [0.2, 0.25) is 0 Å². The third-order valence-electron chi connectivity index (χ3n) is 9.37. The number of aliphatic hydroxyl groups is 1. The molecule has 3 nitrogen and oxygen atoms in total. The minimum atomic E-state index is -0.464. The Balaban J connectivity index is 1.50. The first kappa shape index (κ1) is 15.4. The molecule has 0 aromatic carbocycles. The van der Waals surface area contributed by atoms with Gasteiger partial charge in [-0.25, -0.2) is 0 Å². The second-order valence-electron chi connectivity index (χ2n) is 10.1. The largest absolute Gasteiger partial charge is 0.390 e. The van der Waals surface area contributed by atoms with Crippen LogP contribution in [0.25, 0.3) is 0 Å². The molecule has 1 N–H and O–H groups in total. The van der Waals surface area contributed by atoms with E-state index in [0.29, 0.717) is 11.3 Å². The van der Waals surface area contributed by atoms with Gasteiger partial charge in [0, 0.05) is 5.56 Å². The van der Waals surface area contributed by atoms with Crippen LogP contribution < -0.4 is 0 Å². The molecule has 3 heteroatoms. The summed E-state index contributed by atoms with van der Waals surface area (Å²) in [5.74, 6) is 3.10. The predicted octanol–water partition coefficient (Wildman–Crippen LogP) is 4.38. The lowest BCUT2D eigenvalue weighted by Crippen LogP contribution is -2.56. The minimum Gasteiger partial charge on any atom is -0.390 e. The Kier molecular flexibility index (Phi) is 3.00. The summed E-state index contributed by atoms with van der Waals surface area (Å²) in [5, 5.41) is 15.3. The second-order valence-corrected chi connectivity index (χ2v) is 10.1. The molecule has 132 valence electrons. The highest BCUT2D eigenvalue weighted by Crippen LogP contribution is 2.67. The van der Waals surface area contributed by atoms with E-state index in [4.69, 9.17) is 4.52 Å². The topological polar surface area (TPSA) is 46.3 Å². The second kappa shape index (κ2) is 4.66. The van der Waals surface area contributed by atoms with E-state index in [2.05, 4.69) is 25.9 Å². The molecule has 0 bridgehead atoms. The van der Waals surface area contributed by atoms with Gasteiger partial charge in [0.15, 0.2) is 0 Å². The van der Waals surface area contributed by atoms with Crippen LogP contribution in [0.1, 0.15) is 70.6 Å². The zero-order valence-corrected chi connectivity index (χ0v) is 15.3. The maximum absolute atomic E-state index is 11.0. The SMILES string of the molecule is C[C@]12Cc3conc3C[C@@H]1CC[C@H]1[C@@H]2CC[C@@]2(C)[C@H]1CC[C@]2(C)O. The third-order valence-corrected chi connectivity index (χ3v) is 9.37. The average molecular weight is 329 g/mol. The molecule has 24 heavy (non-hydrogen) atoms. The average Bonchev–Trinajstić information content (AvgIpc) is 3.06. The van der Waals surface area contributed by atoms with Crippen molar-refractivity contribution in [1.82, 2.24) is 5.16 Å². The highest BCUT2D eigenvalue weighted by molar-refractivity contribution is 5.25. The Morgan fingerprint density at radius 2 is 1.88 bits per heavy atom. The monoisotopic (exact) mass is 329 g/mol. The molecule has 4 aliphatic rings. The summed E-state index contributed by atoms with van der Waals surface area (Å²) < 4.78 is 5.28. The number of hydrogen-bond acceptors (Lipinski definition) is 3. The molecule has 0 radical (unpaired) electrons. The van der Waals surface area contributed by atoms with Gasteiger partial charge >= 0.3 is 0 Å². The summed E-state index contributed by atoms with van der Waals surface area (Å²) in [6, 6.07) is 0. The van der Waals surface area contributed by atoms with E-state index >= 15 is 0 Å². The molecule has 0 amide bonds. The Morgan fingerprint density at radius 3 is 2.71 bits per heavy atom. The molecule has 3 saturated carbocycles. The third kappa shape index (κ3) is 1.75. The quantitative estimate of drug-likeness (QED) is 0.768. The van der Waals surface area contributed by atoms with Crippen LogP contribution in [-0.4, -0.2) is 15.9 Å². The first-order valence-electron chi connectivity index (χ1n) is 10.00. The normalized spacial score (nSPS) is 53.0. The number of hydrogen-bond donors (Lipinski definition) is 1. The molecule has 1 aromatic rings. The number of fused-ring (bicyclic) bond motifs is 6. The first-order valence-corrected chi connectivity index (χ1v) is 10.00. The van der Waals surface area contributed by atoms with Crippen molar-refractivity contribution in [3.8, 4) is 0 Å². The van der Waals surface area contributed by atoms with Gasteiger partial charge in [-0.3, -0.25) is 0 Å². The lowest BCUT2D eigenvalue weighted by atomic mass is 9.44. The lowest BCUT2D eigenvalue weighted by Gasteiger charge is -2.60. The van der Waals surface area contributed by atoms with Crippen LogP contribution >= 0.6 is 0 Å². The summed E-state index contributed by atoms with van der Waals surface area (Å²) in [4.78, 5) is 0. The van der Waals surface area contributed by atoms with Crippen molar-refractivity contribution < 1.29 is 9.63 Å². The van der Waals surface area contributed by atoms with Crippen LogP contribution in [0.4, 0.5) is 0 Å². The lowest BCUT2D eigenvalue weighted by molar-refractivity contribution is -0.139. The van der Waals surface area contributed by atoms with Crippen LogP contribution in [0, 0.1) is 34.5 Å². The number of aromatic nitrogens is 1. The summed E-state index contributed by atoms with van der Waals surface area (Å²) in [7, 11) is 0. The Bertz CT molecular complexity index is 665. The van der Waals surface area contributed by atoms with Crippen molar-refractivity contribution in [2.24, 2.45) is 34.5 Å². The van der Waals surface area contributed by atoms with Crippen LogP contribution in [0.3, 0.4) is 0 Å². The minimum absolute atomic E-state index is 0.133. The standard InChI is InChI=1S/C21H31NO2/c1-19-11-13-12-24-22-18(13)10-14(19)4-5-15-16(19)6-8-20(2)17(15)7-9-21(20,3)23/h12,14-17,23H,4-11H2,1-3H3/t14-,15-,16-,17-,19-,20-,21-/m0/s1. The molecule has 0 unspecified atom stereocenters. The van der Waals surface area contributed by atoms with E-state index in [1.807, 2.05) is 6.26 Å². The zero-order chi connectivity index (χ0) is 16.7. The Labute approximate surface area is 145 Å². The van der Waals surface area contributed by atoms with Crippen LogP contribution in [-0.2, 0) is 12.8 Å². The van der Waals surface area contributed by atoms with Gasteiger partial charge in [0.2, 0.25) is 0 Å². The van der Waals surface area contributed by atoms with Crippen molar-refractivity contribution in [2.45, 2.75) is 77.7 Å². The molecular formula is C21H31NO2. The molecule has 3 fully saturated rings. The summed E-state index contributed by atoms with van der Waals surface area (Å²) >= 11 is 0. The number of rotatable bonds is 0. The molecule has 5 rings (SSSR count). The zero-order valence-electron chi connectivity index (χ0n) is 15.3. The smallest absolute Gasteiger partial charge is 0.127 e. The maximum atomic E-state index is 11.0. The fourth-order valence-corrected chi connectivity index (χ4v) is 7.63. The van der Waals surface area contributed by atoms with Gasteiger partial charge in [0.1, 0.15) is 6.26 Å². The summed E-state index contributed by atoms with van der Waals surface area (Å²) in [6.45, 7) is 7.04. The molecule has 1 aromatic heterocycles. The van der Waals surface area contributed by atoms with Gasteiger partial charge in [0.05, 0.1) is 11.3 Å². The predicted molar refractivity (Wildman–Crippen MR) is 92.4 cm³/mol. The van der Waals surface area contributed by atoms with Crippen molar-refractivity contribution in [1.29, 1.82) is 0 Å². The van der Waals surface area contributed by atoms with Gasteiger partial charge in [0.25, 0.3) is 0 Å². The van der Waals surface area contributed by atoms with E-state index in [9.17, 15) is 5.11 Å². The molecule has 7 atom stereocenters. The van der Waals surface area contributed by atoms with Crippen LogP contribution in [0.15, 0.2) is 10.8 Å². The van der Waals surface area contributed by atoms with Gasteiger partial charge in [-0.15, -0.1) is 0 Å². The molecular weight excluding hydrogens is 298 g/mol. The van der Waals surface area contributed by atoms with Crippen molar-refractivity contribution in [2.75, 3.05) is 0 Å². The van der Waals surface area contributed by atoms with Crippen LogP contribution in [0.5, 0.6) is 0 Å². The van der Waals surface area contributed by atoms with Gasteiger partial charge < -0.3 is 9.63 Å². The number of nitrogens with zero attached hydrogens (tertiary/aromatic N) is 1. The van der Waals surface area contributed by atoms with E-state index in [1.54, 1.807) is 0 Å². The van der Waals surface area contributed by atoms with Crippen molar-refractivity contribution >= 4 is 0 Å². The van der Waals surface area contributed by atoms with Gasteiger partial charge in [-0.1, -0.05) is 19.0 Å². The Morgan fingerprint density at radius 1 is 1.08 bits per heavy atom. The van der Waals surface area contributed by atoms with E-state index < -0.39 is 5.60 Å². The fourth-order valence-electron chi connectivity index (χ4n) is 7.63. The molecule has 1 heterocycles. The maximum Gasteiger partial charge on any atom is 0.127 e. The van der Waals surface area contributed by atoms with Gasteiger partial charge in [-0.05, 0) is 92.8 Å². The summed E-state index contributed by atoms with van der Waals surface area (Å²) in [5.41, 5.74) is 2.65. The fraction of sp³-hybridized carbons (Fsp3) is 0.857. The highest BCUT2D eigenvalue weighted by atomic mass is 16.5. The van der Waals surface area contributed by atoms with E-state index in [-0.39, 0.29) is 5.41 Å². The van der Waals surface area contributed by atoms with E-state index in [1.165, 1.54) is 43.4 Å². The van der Waals surface area contributed by atoms with Crippen molar-refractivity contribution in [3.05, 3.63) is 17.5 Å². The molecule has 0 saturated heterocycles. The molecule has 0 spiro atoms. The van der Waals surface area contributed by atoms with E-state index in [0.717, 1.165) is 37.0 Å². The molecule has 0 aliphatic heterocycles. The summed E-state index contributed by atoms with van der Waals surface area (Å²) in [6.07, 6.45) is 11.6. The Hall–Kier alpha value is -0.830. The van der Waals surface area contributed by atoms with Crippen molar-refractivity contribution in [3.63, 3.8) is 0 Å². The highest BCUT2D eigenvalue weighted by Gasteiger charge is 2.63. The molecule has 4 aliphatic carbocycles. The van der Waals surface area contributed by atoms with Gasteiger partial charge in [-0.2, -0.15) is 0 Å².